The van der Waals surface area contributed by atoms with Gasteiger partial charge < -0.3 is 14.8 Å². The molecular weight excluding hydrogens is 264 g/mol. The molecule has 1 aromatic heterocycles. The van der Waals surface area contributed by atoms with E-state index in [1.165, 1.54) is 5.56 Å². The predicted molar refractivity (Wildman–Crippen MR) is 85.2 cm³/mol. The van der Waals surface area contributed by atoms with Gasteiger partial charge in [-0.05, 0) is 29.2 Å². The number of hydrogen-bond donors (Lipinski definition) is 1. The summed E-state index contributed by atoms with van der Waals surface area (Å²) in [5.74, 6) is 1.97. The van der Waals surface area contributed by atoms with Crippen molar-refractivity contribution < 1.29 is 9.47 Å². The lowest BCUT2D eigenvalue weighted by atomic mass is 10.0. The molecule has 0 saturated heterocycles. The van der Waals surface area contributed by atoms with E-state index < -0.39 is 0 Å². The summed E-state index contributed by atoms with van der Waals surface area (Å²) in [6.07, 6.45) is 1.81. The maximum absolute atomic E-state index is 5.46. The Morgan fingerprint density at radius 2 is 1.90 bits per heavy atom. The molecular formula is C17H22N2O2. The van der Waals surface area contributed by atoms with Gasteiger partial charge in [0.2, 0.25) is 5.88 Å². The number of methoxy groups -OCH3 is 2. The number of nitrogens with zero attached hydrogens (tertiary/aromatic N) is 1. The van der Waals surface area contributed by atoms with Crippen LogP contribution in [0.3, 0.4) is 0 Å². The average Bonchev–Trinajstić information content (AvgIpc) is 2.53. The van der Waals surface area contributed by atoms with Crippen LogP contribution in [-0.4, -0.2) is 19.2 Å². The molecule has 0 aliphatic rings. The van der Waals surface area contributed by atoms with Crippen molar-refractivity contribution in [1.29, 1.82) is 0 Å². The highest BCUT2D eigenvalue weighted by molar-refractivity contribution is 5.58. The van der Waals surface area contributed by atoms with E-state index in [0.29, 0.717) is 18.3 Å². The Morgan fingerprint density at radius 3 is 2.48 bits per heavy atom. The molecule has 21 heavy (non-hydrogen) atoms. The zero-order valence-electron chi connectivity index (χ0n) is 13.0. The maximum Gasteiger partial charge on any atom is 0.212 e. The van der Waals surface area contributed by atoms with Gasteiger partial charge >= 0.3 is 0 Å². The van der Waals surface area contributed by atoms with E-state index in [4.69, 9.17) is 9.47 Å². The number of benzene rings is 1. The first-order valence-corrected chi connectivity index (χ1v) is 7.04. The largest absolute Gasteiger partial charge is 0.495 e. The molecule has 0 unspecified atom stereocenters. The van der Waals surface area contributed by atoms with Crippen LogP contribution >= 0.6 is 0 Å². The normalized spacial score (nSPS) is 10.5. The highest BCUT2D eigenvalue weighted by Crippen LogP contribution is 2.29. The number of aromatic nitrogens is 1. The minimum atomic E-state index is 0.485. The maximum atomic E-state index is 5.46. The molecule has 0 aliphatic carbocycles. The van der Waals surface area contributed by atoms with Gasteiger partial charge in [0, 0.05) is 18.8 Å². The third kappa shape index (κ3) is 3.88. The molecule has 0 atom stereocenters. The summed E-state index contributed by atoms with van der Waals surface area (Å²) in [4.78, 5) is 4.20. The van der Waals surface area contributed by atoms with Crippen molar-refractivity contribution in [3.8, 4) is 11.6 Å². The molecule has 112 valence electrons. The Labute approximate surface area is 126 Å². The second-order valence-electron chi connectivity index (χ2n) is 5.18. The predicted octanol–water partition coefficient (Wildman–Crippen LogP) is 3.83. The number of nitrogens with one attached hydrogen (secondary N) is 1. The van der Waals surface area contributed by atoms with Gasteiger partial charge in [0.1, 0.15) is 5.75 Å². The molecule has 4 nitrogen and oxygen atoms in total. The van der Waals surface area contributed by atoms with E-state index >= 15 is 0 Å². The van der Waals surface area contributed by atoms with Gasteiger partial charge in [-0.3, -0.25) is 0 Å². The smallest absolute Gasteiger partial charge is 0.212 e. The van der Waals surface area contributed by atoms with Crippen LogP contribution in [0.2, 0.25) is 0 Å². The first kappa shape index (κ1) is 15.2. The number of pyridine rings is 1. The second kappa shape index (κ2) is 6.97. The molecule has 2 rings (SSSR count). The van der Waals surface area contributed by atoms with E-state index in [2.05, 4.69) is 42.3 Å². The number of hydrogen-bond acceptors (Lipinski definition) is 4. The van der Waals surface area contributed by atoms with Crippen molar-refractivity contribution in [3.05, 3.63) is 47.7 Å². The molecule has 0 bridgehead atoms. The molecule has 0 radical (unpaired) electrons. The van der Waals surface area contributed by atoms with E-state index in [-0.39, 0.29) is 0 Å². The zero-order chi connectivity index (χ0) is 15.2. The topological polar surface area (TPSA) is 43.4 Å². The van der Waals surface area contributed by atoms with E-state index in [9.17, 15) is 0 Å². The fraction of sp³-hybridized carbons (Fsp3) is 0.353. The Bertz CT molecular complexity index is 580. The first-order chi connectivity index (χ1) is 10.1. The van der Waals surface area contributed by atoms with Crippen LogP contribution in [0.15, 0.2) is 36.5 Å². The lowest BCUT2D eigenvalue weighted by Crippen LogP contribution is -2.03. The number of ether oxygens (including phenoxy) is 2. The highest BCUT2D eigenvalue weighted by atomic mass is 16.5. The van der Waals surface area contributed by atoms with Gasteiger partial charge in [0.15, 0.2) is 0 Å². The van der Waals surface area contributed by atoms with Gasteiger partial charge in [0.05, 0.1) is 19.9 Å². The van der Waals surface area contributed by atoms with Gasteiger partial charge in [-0.15, -0.1) is 0 Å². The molecule has 2 aromatic rings. The van der Waals surface area contributed by atoms with Crippen molar-refractivity contribution in [1.82, 2.24) is 4.98 Å². The minimum absolute atomic E-state index is 0.485. The van der Waals surface area contributed by atoms with Crippen LogP contribution in [0, 0.1) is 0 Å². The van der Waals surface area contributed by atoms with Gasteiger partial charge in [0.25, 0.3) is 0 Å². The standard InChI is InChI=1S/C17H22N2O2/c1-12(2)14-6-7-15(16(9-14)20-3)18-10-13-5-8-17(21-4)19-11-13/h5-9,11-12,18H,10H2,1-4H3. The third-order valence-electron chi connectivity index (χ3n) is 3.38. The van der Waals surface area contributed by atoms with Crippen molar-refractivity contribution in [3.63, 3.8) is 0 Å². The van der Waals surface area contributed by atoms with Crippen LogP contribution in [0.4, 0.5) is 5.69 Å². The third-order valence-corrected chi connectivity index (χ3v) is 3.38. The Balaban J connectivity index is 2.08. The summed E-state index contributed by atoms with van der Waals surface area (Å²) in [7, 11) is 3.31. The van der Waals surface area contributed by atoms with Crippen LogP contribution in [0.5, 0.6) is 11.6 Å². The Hall–Kier alpha value is -2.23. The fourth-order valence-corrected chi connectivity index (χ4v) is 2.05. The fourth-order valence-electron chi connectivity index (χ4n) is 2.05. The van der Waals surface area contributed by atoms with Gasteiger partial charge in [-0.2, -0.15) is 0 Å². The summed E-state index contributed by atoms with van der Waals surface area (Å²) in [5.41, 5.74) is 3.34. The Morgan fingerprint density at radius 1 is 1.10 bits per heavy atom. The first-order valence-electron chi connectivity index (χ1n) is 7.04. The van der Waals surface area contributed by atoms with Crippen molar-refractivity contribution in [2.45, 2.75) is 26.3 Å². The number of anilines is 1. The monoisotopic (exact) mass is 286 g/mol. The summed E-state index contributed by atoms with van der Waals surface area (Å²) in [6, 6.07) is 10.1. The van der Waals surface area contributed by atoms with Crippen LogP contribution < -0.4 is 14.8 Å². The summed E-state index contributed by atoms with van der Waals surface area (Å²) in [6.45, 7) is 5.03. The molecule has 1 N–H and O–H groups in total. The van der Waals surface area contributed by atoms with E-state index in [1.54, 1.807) is 20.4 Å². The van der Waals surface area contributed by atoms with Crippen LogP contribution in [-0.2, 0) is 6.54 Å². The quantitative estimate of drug-likeness (QED) is 0.876. The zero-order valence-corrected chi connectivity index (χ0v) is 13.0. The SMILES string of the molecule is COc1ccc(CNc2ccc(C(C)C)cc2OC)cn1. The minimum Gasteiger partial charge on any atom is -0.495 e. The highest BCUT2D eigenvalue weighted by Gasteiger charge is 2.07. The summed E-state index contributed by atoms with van der Waals surface area (Å²) >= 11 is 0. The van der Waals surface area contributed by atoms with Gasteiger partial charge in [-0.25, -0.2) is 4.98 Å². The lowest BCUT2D eigenvalue weighted by molar-refractivity contribution is 0.397. The van der Waals surface area contributed by atoms with Crippen LogP contribution in [0.25, 0.3) is 0 Å². The molecule has 1 heterocycles. The van der Waals surface area contributed by atoms with Crippen molar-refractivity contribution in [2.75, 3.05) is 19.5 Å². The van der Waals surface area contributed by atoms with Crippen molar-refractivity contribution >= 4 is 5.69 Å². The average molecular weight is 286 g/mol. The molecule has 0 fully saturated rings. The number of rotatable bonds is 6. The molecule has 0 amide bonds. The molecule has 0 aliphatic heterocycles. The second-order valence-corrected chi connectivity index (χ2v) is 5.18. The molecule has 0 spiro atoms. The Kier molecular flexibility index (Phi) is 5.04. The van der Waals surface area contributed by atoms with Crippen LogP contribution in [0.1, 0.15) is 30.9 Å². The van der Waals surface area contributed by atoms with E-state index in [1.807, 2.05) is 12.1 Å². The molecule has 0 saturated carbocycles. The van der Waals surface area contributed by atoms with Crippen molar-refractivity contribution in [2.24, 2.45) is 0 Å². The van der Waals surface area contributed by atoms with E-state index in [0.717, 1.165) is 17.0 Å². The summed E-state index contributed by atoms with van der Waals surface area (Å²) < 4.78 is 10.5. The lowest BCUT2D eigenvalue weighted by Gasteiger charge is -2.14. The molecule has 1 aromatic carbocycles. The van der Waals surface area contributed by atoms with Gasteiger partial charge in [-0.1, -0.05) is 26.0 Å². The molecule has 4 heteroatoms. The summed E-state index contributed by atoms with van der Waals surface area (Å²) in [5, 5.41) is 3.38.